The highest BCUT2D eigenvalue weighted by Gasteiger charge is 2.12. The molecular weight excluding hydrogens is 226 g/mol. The number of hydrogen-bond donors (Lipinski definition) is 0. The summed E-state index contributed by atoms with van der Waals surface area (Å²) < 4.78 is 13.2. The Morgan fingerprint density at radius 1 is 0.833 bits per heavy atom. The van der Waals surface area contributed by atoms with Gasteiger partial charge in [-0.15, -0.1) is 0 Å². The lowest BCUT2D eigenvalue weighted by atomic mass is 10.3. The lowest BCUT2D eigenvalue weighted by Crippen LogP contribution is -1.85. The van der Waals surface area contributed by atoms with E-state index in [1.165, 1.54) is 0 Å². The van der Waals surface area contributed by atoms with Crippen LogP contribution < -0.4 is 12.9 Å². The van der Waals surface area contributed by atoms with Crippen molar-refractivity contribution in [2.45, 2.75) is 0 Å². The largest absolute Gasteiger partial charge is 0.381 e. The molecule has 0 saturated carbocycles. The molecule has 66 valence electrons. The zero-order valence-corrected chi connectivity index (χ0v) is 7.86. The van der Waals surface area contributed by atoms with E-state index in [4.69, 9.17) is 35.6 Å². The van der Waals surface area contributed by atoms with E-state index in [-0.39, 0.29) is 17.2 Å². The van der Waals surface area contributed by atoms with Crippen LogP contribution in [-0.2, 0) is 0 Å². The molecule has 0 spiro atoms. The maximum absolute atomic E-state index is 5.12. The Hall–Kier alpha value is -0.510. The van der Waals surface area contributed by atoms with Crippen LogP contribution in [0.4, 0.5) is 0 Å². The molecule has 1 aromatic rings. The fourth-order valence-corrected chi connectivity index (χ4v) is 1.09. The number of rotatable bonds is 3. The first kappa shape index (κ1) is 9.58. The van der Waals surface area contributed by atoms with Crippen molar-refractivity contribution in [3.8, 4) is 17.2 Å². The van der Waals surface area contributed by atoms with Crippen LogP contribution in [0, 0.1) is 0 Å². The molecule has 0 bridgehead atoms. The average molecular weight is 229 g/mol. The van der Waals surface area contributed by atoms with Gasteiger partial charge in [-0.2, -0.15) is 0 Å². The molecule has 6 heteroatoms. The second-order valence-corrected chi connectivity index (χ2v) is 2.28. The van der Waals surface area contributed by atoms with E-state index in [1.54, 1.807) is 18.2 Å². The van der Waals surface area contributed by atoms with Crippen molar-refractivity contribution in [3.05, 3.63) is 18.2 Å². The quantitative estimate of drug-likeness (QED) is 0.796. The minimum absolute atomic E-state index is 0.129. The van der Waals surface area contributed by atoms with E-state index in [1.807, 2.05) is 0 Å². The number of benzene rings is 1. The van der Waals surface area contributed by atoms with Gasteiger partial charge < -0.3 is 12.9 Å². The fraction of sp³-hybridized carbons (Fsp3) is 0. The molecule has 0 unspecified atom stereocenters. The molecule has 0 aliphatic carbocycles. The van der Waals surface area contributed by atoms with Crippen molar-refractivity contribution in [1.29, 1.82) is 0 Å². The molecule has 0 aliphatic rings. The zero-order chi connectivity index (χ0) is 8.97. The summed E-state index contributed by atoms with van der Waals surface area (Å²) >= 11 is 15.3. The zero-order valence-electron chi connectivity index (χ0n) is 5.59. The summed E-state index contributed by atoms with van der Waals surface area (Å²) in [5.74, 6) is 0.582. The number of hydrogen-bond acceptors (Lipinski definition) is 3. The van der Waals surface area contributed by atoms with E-state index in [9.17, 15) is 0 Å². The lowest BCUT2D eigenvalue weighted by molar-refractivity contribution is 0.506. The van der Waals surface area contributed by atoms with Crippen LogP contribution in [0.1, 0.15) is 0 Å². The highest BCUT2D eigenvalue weighted by atomic mass is 35.5. The van der Waals surface area contributed by atoms with Gasteiger partial charge in [-0.25, -0.2) is 0 Å². The average Bonchev–Trinajstić information content (AvgIpc) is 2.16. The lowest BCUT2D eigenvalue weighted by Gasteiger charge is -2.04. The summed E-state index contributed by atoms with van der Waals surface area (Å²) in [6, 6.07) is 4.71. The van der Waals surface area contributed by atoms with Gasteiger partial charge in [0, 0.05) is 0 Å². The predicted molar refractivity (Wildman–Crippen MR) is 45.9 cm³/mol. The molecule has 0 N–H and O–H groups in total. The molecule has 0 atom stereocenters. The van der Waals surface area contributed by atoms with Gasteiger partial charge in [0.1, 0.15) is 35.6 Å². The van der Waals surface area contributed by atoms with Crippen molar-refractivity contribution in [1.82, 2.24) is 0 Å². The Kier molecular flexibility index (Phi) is 3.59. The van der Waals surface area contributed by atoms with Crippen LogP contribution in [0.5, 0.6) is 17.2 Å². The molecule has 0 amide bonds. The normalized spacial score (nSPS) is 9.25. The third-order valence-corrected chi connectivity index (χ3v) is 1.67. The van der Waals surface area contributed by atoms with Crippen molar-refractivity contribution >= 4 is 35.6 Å². The fourth-order valence-electron chi connectivity index (χ4n) is 0.693. The Balaban J connectivity index is 3.13. The van der Waals surface area contributed by atoms with E-state index < -0.39 is 0 Å². The van der Waals surface area contributed by atoms with Gasteiger partial charge in [-0.05, 0) is 12.1 Å². The Labute approximate surface area is 84.2 Å². The molecule has 0 fully saturated rings. The molecule has 1 aromatic carbocycles. The van der Waals surface area contributed by atoms with Crippen molar-refractivity contribution in [3.63, 3.8) is 0 Å². The minimum Gasteiger partial charge on any atom is -0.381 e. The monoisotopic (exact) mass is 228 g/mol. The Bertz CT molecular complexity index is 244. The standard InChI is InChI=1S/C6H3Cl3O3/c7-10-4-2-1-3-5(11-8)6(4)12-9/h1-3H. The van der Waals surface area contributed by atoms with Crippen LogP contribution in [0.3, 0.4) is 0 Å². The highest BCUT2D eigenvalue weighted by molar-refractivity contribution is 6.12. The SMILES string of the molecule is ClOc1cccc(OCl)c1OCl. The van der Waals surface area contributed by atoms with Crippen LogP contribution in [0.15, 0.2) is 18.2 Å². The first-order chi connectivity index (χ1) is 5.83. The maximum Gasteiger partial charge on any atom is 0.234 e. The highest BCUT2D eigenvalue weighted by Crippen LogP contribution is 2.38. The first-order valence-electron chi connectivity index (χ1n) is 2.82. The van der Waals surface area contributed by atoms with Crippen molar-refractivity contribution in [2.24, 2.45) is 0 Å². The Morgan fingerprint density at radius 2 is 1.33 bits per heavy atom. The molecular formula is C6H3Cl3O3. The van der Waals surface area contributed by atoms with E-state index >= 15 is 0 Å². The smallest absolute Gasteiger partial charge is 0.234 e. The molecule has 0 aliphatic heterocycles. The second-order valence-electron chi connectivity index (χ2n) is 1.81. The van der Waals surface area contributed by atoms with E-state index in [0.29, 0.717) is 0 Å². The molecule has 3 nitrogen and oxygen atoms in total. The minimum atomic E-state index is 0.129. The first-order valence-corrected chi connectivity index (χ1v) is 3.75. The summed E-state index contributed by atoms with van der Waals surface area (Å²) in [7, 11) is 0. The van der Waals surface area contributed by atoms with Gasteiger partial charge in [-0.3, -0.25) is 0 Å². The summed E-state index contributed by atoms with van der Waals surface area (Å²) in [4.78, 5) is 0. The summed E-state index contributed by atoms with van der Waals surface area (Å²) in [5.41, 5.74) is 0. The van der Waals surface area contributed by atoms with Gasteiger partial charge >= 0.3 is 0 Å². The van der Waals surface area contributed by atoms with Crippen molar-refractivity contribution < 1.29 is 12.9 Å². The number of halogens is 3. The molecule has 0 aromatic heterocycles. The maximum atomic E-state index is 5.12. The summed E-state index contributed by atoms with van der Waals surface area (Å²) in [5, 5.41) is 0. The van der Waals surface area contributed by atoms with Gasteiger partial charge in [0.15, 0.2) is 11.5 Å². The second kappa shape index (κ2) is 4.50. The number of para-hydroxylation sites is 1. The van der Waals surface area contributed by atoms with Crippen LogP contribution in [0.2, 0.25) is 0 Å². The third-order valence-electron chi connectivity index (χ3n) is 1.19. The van der Waals surface area contributed by atoms with Gasteiger partial charge in [0.05, 0.1) is 0 Å². The van der Waals surface area contributed by atoms with Gasteiger partial charge in [0.25, 0.3) is 0 Å². The van der Waals surface area contributed by atoms with E-state index in [0.717, 1.165) is 0 Å². The topological polar surface area (TPSA) is 27.7 Å². The van der Waals surface area contributed by atoms with E-state index in [2.05, 4.69) is 12.9 Å². The van der Waals surface area contributed by atoms with Gasteiger partial charge in [0.2, 0.25) is 5.75 Å². The summed E-state index contributed by atoms with van der Waals surface area (Å²) in [6.07, 6.45) is 0. The molecule has 0 heterocycles. The molecule has 0 saturated heterocycles. The van der Waals surface area contributed by atoms with Gasteiger partial charge in [-0.1, -0.05) is 6.07 Å². The Morgan fingerprint density at radius 3 is 1.67 bits per heavy atom. The predicted octanol–water partition coefficient (Wildman–Crippen LogP) is 3.28. The van der Waals surface area contributed by atoms with Crippen LogP contribution in [0.25, 0.3) is 0 Å². The third kappa shape index (κ3) is 1.80. The molecule has 0 radical (unpaired) electrons. The summed E-state index contributed by atoms with van der Waals surface area (Å²) in [6.45, 7) is 0. The van der Waals surface area contributed by atoms with Crippen LogP contribution >= 0.6 is 35.6 Å². The molecule has 12 heavy (non-hydrogen) atoms. The van der Waals surface area contributed by atoms with Crippen LogP contribution in [-0.4, -0.2) is 0 Å². The van der Waals surface area contributed by atoms with Crippen molar-refractivity contribution in [2.75, 3.05) is 0 Å². The molecule has 1 rings (SSSR count).